The van der Waals surface area contributed by atoms with Gasteiger partial charge in [-0.25, -0.2) is 14.4 Å². The molecular formula is C25H31FN6O2. The SMILES string of the molecule is CC(C)COc1ccc2cc(Nc3nc(NC4CCCC[C@@H]4N)c(F)cc3C(N)=O)ccc2n1. The molecule has 1 fully saturated rings. The number of nitrogens with zero attached hydrogens (tertiary/aromatic N) is 2. The van der Waals surface area contributed by atoms with Crippen molar-refractivity contribution in [2.45, 2.75) is 51.6 Å². The summed E-state index contributed by atoms with van der Waals surface area (Å²) in [7, 11) is 0. The average Bonchev–Trinajstić information content (AvgIpc) is 2.80. The number of nitrogens with two attached hydrogens (primary N) is 2. The fraction of sp³-hybridized carbons (Fsp3) is 0.400. The van der Waals surface area contributed by atoms with Crippen molar-refractivity contribution in [2.75, 3.05) is 17.2 Å². The Hall–Kier alpha value is -3.46. The number of hydrogen-bond acceptors (Lipinski definition) is 7. The van der Waals surface area contributed by atoms with E-state index in [1.807, 2.05) is 30.3 Å². The number of carbonyl (C=O) groups is 1. The van der Waals surface area contributed by atoms with Gasteiger partial charge in [-0.1, -0.05) is 26.7 Å². The molecule has 1 aromatic carbocycles. The number of benzene rings is 1. The third kappa shape index (κ3) is 5.53. The molecule has 0 aliphatic heterocycles. The number of hydrogen-bond donors (Lipinski definition) is 4. The van der Waals surface area contributed by atoms with E-state index in [0.29, 0.717) is 24.1 Å². The molecule has 4 rings (SSSR count). The van der Waals surface area contributed by atoms with E-state index >= 15 is 0 Å². The zero-order valence-electron chi connectivity index (χ0n) is 19.5. The molecule has 34 heavy (non-hydrogen) atoms. The van der Waals surface area contributed by atoms with Gasteiger partial charge in [-0.15, -0.1) is 0 Å². The van der Waals surface area contributed by atoms with Gasteiger partial charge in [0.1, 0.15) is 5.82 Å². The predicted octanol–water partition coefficient (Wildman–Crippen LogP) is 4.33. The largest absolute Gasteiger partial charge is 0.477 e. The second-order valence-electron chi connectivity index (χ2n) is 9.17. The Balaban J connectivity index is 1.59. The van der Waals surface area contributed by atoms with E-state index in [0.717, 1.165) is 42.7 Å². The lowest BCUT2D eigenvalue weighted by molar-refractivity contribution is 0.100. The van der Waals surface area contributed by atoms with E-state index in [2.05, 4.69) is 34.4 Å². The molecule has 0 bridgehead atoms. The van der Waals surface area contributed by atoms with Crippen LogP contribution in [0.15, 0.2) is 36.4 Å². The van der Waals surface area contributed by atoms with Crippen molar-refractivity contribution in [1.82, 2.24) is 9.97 Å². The topological polar surface area (TPSA) is 128 Å². The molecule has 1 aliphatic rings. The summed E-state index contributed by atoms with van der Waals surface area (Å²) in [5, 5.41) is 7.10. The van der Waals surface area contributed by atoms with Gasteiger partial charge in [-0.2, -0.15) is 0 Å². The molecule has 2 aromatic heterocycles. The molecule has 8 nitrogen and oxygen atoms in total. The Kier molecular flexibility index (Phi) is 7.12. The highest BCUT2D eigenvalue weighted by Crippen LogP contribution is 2.28. The van der Waals surface area contributed by atoms with Crippen LogP contribution in [0.5, 0.6) is 5.88 Å². The number of aromatic nitrogens is 2. The maximum absolute atomic E-state index is 14.7. The van der Waals surface area contributed by atoms with E-state index < -0.39 is 11.7 Å². The number of primary amides is 1. The quantitative estimate of drug-likeness (QED) is 0.389. The van der Waals surface area contributed by atoms with Gasteiger partial charge in [0, 0.05) is 29.2 Å². The summed E-state index contributed by atoms with van der Waals surface area (Å²) in [5.74, 6) is -0.234. The Morgan fingerprint density at radius 3 is 2.68 bits per heavy atom. The number of pyridine rings is 2. The molecular weight excluding hydrogens is 435 g/mol. The Morgan fingerprint density at radius 1 is 1.15 bits per heavy atom. The summed E-state index contributed by atoms with van der Waals surface area (Å²) in [6.45, 7) is 4.74. The minimum Gasteiger partial charge on any atom is -0.477 e. The molecule has 0 spiro atoms. The lowest BCUT2D eigenvalue weighted by Gasteiger charge is -2.30. The van der Waals surface area contributed by atoms with Crippen LogP contribution in [0, 0.1) is 11.7 Å². The van der Waals surface area contributed by atoms with Gasteiger partial charge in [0.25, 0.3) is 5.91 Å². The fourth-order valence-electron chi connectivity index (χ4n) is 4.04. The molecule has 1 aliphatic carbocycles. The number of anilines is 3. The number of ether oxygens (including phenoxy) is 1. The highest BCUT2D eigenvalue weighted by atomic mass is 19.1. The standard InChI is InChI=1S/C25H31FN6O2/c1-14(2)13-34-22-10-7-15-11-16(8-9-20(15)30-22)29-24-17(23(28)33)12-18(26)25(32-24)31-21-6-4-3-5-19(21)27/h7-12,14,19,21H,3-6,13,27H2,1-2H3,(H2,28,33)(H2,29,31,32)/t19-,21?/m0/s1. The first-order chi connectivity index (χ1) is 16.3. The Labute approximate surface area is 198 Å². The maximum Gasteiger partial charge on any atom is 0.252 e. The Bertz CT molecular complexity index is 1190. The molecule has 3 aromatic rings. The molecule has 2 heterocycles. The van der Waals surface area contributed by atoms with Crippen molar-refractivity contribution < 1.29 is 13.9 Å². The van der Waals surface area contributed by atoms with E-state index in [-0.39, 0.29) is 29.3 Å². The second-order valence-corrected chi connectivity index (χ2v) is 9.17. The number of nitrogens with one attached hydrogen (secondary N) is 2. The normalized spacial score (nSPS) is 18.1. The molecule has 2 atom stereocenters. The molecule has 1 unspecified atom stereocenters. The highest BCUT2D eigenvalue weighted by molar-refractivity contribution is 5.99. The molecule has 1 amide bonds. The van der Waals surface area contributed by atoms with Gasteiger partial charge < -0.3 is 26.8 Å². The lowest BCUT2D eigenvalue weighted by atomic mass is 9.91. The van der Waals surface area contributed by atoms with E-state index in [1.54, 1.807) is 0 Å². The van der Waals surface area contributed by atoms with E-state index in [4.69, 9.17) is 16.2 Å². The third-order valence-electron chi connectivity index (χ3n) is 5.87. The zero-order valence-corrected chi connectivity index (χ0v) is 19.5. The fourth-order valence-corrected chi connectivity index (χ4v) is 4.04. The van der Waals surface area contributed by atoms with Gasteiger partial charge in [-0.3, -0.25) is 4.79 Å². The minimum absolute atomic E-state index is 0.0355. The summed E-state index contributed by atoms with van der Waals surface area (Å²) in [6, 6.07) is 10.2. The van der Waals surface area contributed by atoms with E-state index in [1.165, 1.54) is 0 Å². The van der Waals surface area contributed by atoms with Crippen LogP contribution < -0.4 is 26.8 Å². The molecule has 9 heteroatoms. The molecule has 180 valence electrons. The Morgan fingerprint density at radius 2 is 1.94 bits per heavy atom. The van der Waals surface area contributed by atoms with Gasteiger partial charge >= 0.3 is 0 Å². The summed E-state index contributed by atoms with van der Waals surface area (Å²) in [6.07, 6.45) is 3.79. The van der Waals surface area contributed by atoms with E-state index in [9.17, 15) is 9.18 Å². The van der Waals surface area contributed by atoms with Crippen LogP contribution in [0.1, 0.15) is 49.9 Å². The number of amides is 1. The average molecular weight is 467 g/mol. The molecule has 1 saturated carbocycles. The minimum atomic E-state index is -0.774. The van der Waals surface area contributed by atoms with Crippen molar-refractivity contribution in [3.8, 4) is 5.88 Å². The van der Waals surface area contributed by atoms with Crippen molar-refractivity contribution >= 4 is 34.1 Å². The summed E-state index contributed by atoms with van der Waals surface area (Å²) >= 11 is 0. The maximum atomic E-state index is 14.7. The van der Waals surface area contributed by atoms with Crippen molar-refractivity contribution in [2.24, 2.45) is 17.4 Å². The van der Waals surface area contributed by atoms with Gasteiger partial charge in [0.2, 0.25) is 5.88 Å². The number of halogens is 1. The smallest absolute Gasteiger partial charge is 0.252 e. The van der Waals surface area contributed by atoms with Crippen LogP contribution in [-0.4, -0.2) is 34.6 Å². The van der Waals surface area contributed by atoms with Crippen LogP contribution in [0.4, 0.5) is 21.7 Å². The second kappa shape index (κ2) is 10.2. The lowest BCUT2D eigenvalue weighted by Crippen LogP contribution is -2.43. The molecule has 6 N–H and O–H groups in total. The summed E-state index contributed by atoms with van der Waals surface area (Å²) in [5.41, 5.74) is 13.1. The van der Waals surface area contributed by atoms with Gasteiger partial charge in [0.05, 0.1) is 17.7 Å². The van der Waals surface area contributed by atoms with Crippen molar-refractivity contribution in [1.29, 1.82) is 0 Å². The number of carbonyl (C=O) groups excluding carboxylic acids is 1. The van der Waals surface area contributed by atoms with Crippen LogP contribution in [0.25, 0.3) is 10.9 Å². The monoisotopic (exact) mass is 466 g/mol. The van der Waals surface area contributed by atoms with Crippen LogP contribution >= 0.6 is 0 Å². The third-order valence-corrected chi connectivity index (χ3v) is 5.87. The van der Waals surface area contributed by atoms with Crippen LogP contribution in [-0.2, 0) is 0 Å². The first-order valence-corrected chi connectivity index (χ1v) is 11.6. The molecule has 0 saturated heterocycles. The summed E-state index contributed by atoms with van der Waals surface area (Å²) in [4.78, 5) is 20.9. The summed E-state index contributed by atoms with van der Waals surface area (Å²) < 4.78 is 20.4. The number of fused-ring (bicyclic) bond motifs is 1. The van der Waals surface area contributed by atoms with Crippen molar-refractivity contribution in [3.63, 3.8) is 0 Å². The first-order valence-electron chi connectivity index (χ1n) is 11.6. The number of rotatable bonds is 8. The van der Waals surface area contributed by atoms with Gasteiger partial charge in [-0.05, 0) is 49.1 Å². The van der Waals surface area contributed by atoms with Crippen molar-refractivity contribution in [3.05, 3.63) is 47.8 Å². The molecule has 0 radical (unpaired) electrons. The van der Waals surface area contributed by atoms with Crippen LogP contribution in [0.2, 0.25) is 0 Å². The van der Waals surface area contributed by atoms with Gasteiger partial charge in [0.15, 0.2) is 11.6 Å². The van der Waals surface area contributed by atoms with Crippen LogP contribution in [0.3, 0.4) is 0 Å². The first kappa shape index (κ1) is 23.7. The predicted molar refractivity (Wildman–Crippen MR) is 132 cm³/mol. The highest BCUT2D eigenvalue weighted by Gasteiger charge is 2.24. The zero-order chi connectivity index (χ0) is 24.2.